The average Bonchev–Trinajstić information content (AvgIpc) is 3.03. The third-order valence-electron chi connectivity index (χ3n) is 3.28. The van der Waals surface area contributed by atoms with Crippen molar-refractivity contribution in [1.29, 1.82) is 0 Å². The van der Waals surface area contributed by atoms with Crippen LogP contribution in [0, 0.1) is 12.7 Å². The molecule has 4 nitrogen and oxygen atoms in total. The van der Waals surface area contributed by atoms with Crippen molar-refractivity contribution in [2.45, 2.75) is 6.92 Å². The van der Waals surface area contributed by atoms with Crippen molar-refractivity contribution in [3.8, 4) is 10.4 Å². The van der Waals surface area contributed by atoms with Crippen LogP contribution in [0.15, 0.2) is 60.7 Å². The number of carbonyl (C=O) groups is 1. The van der Waals surface area contributed by atoms with Crippen LogP contribution in [0.5, 0.6) is 0 Å². The fraction of sp³-hybridized carbons (Fsp3) is 0.0556. The Balaban J connectivity index is 0.000000181. The molecular weight excluding hydrogens is 340 g/mol. The van der Waals surface area contributed by atoms with Crippen LogP contribution in [-0.2, 0) is 4.79 Å². The molecule has 0 spiro atoms. The normalized spacial score (nSPS) is 9.76. The Kier molecular flexibility index (Phi) is 6.88. The summed E-state index contributed by atoms with van der Waals surface area (Å²) in [5.74, 6) is -0.177. The van der Waals surface area contributed by atoms with E-state index in [2.05, 4.69) is 5.32 Å². The van der Waals surface area contributed by atoms with Crippen molar-refractivity contribution >= 4 is 36.0 Å². The van der Waals surface area contributed by atoms with Gasteiger partial charge in [-0.25, -0.2) is 4.39 Å². The first-order valence-electron chi connectivity index (χ1n) is 7.48. The largest absolute Gasteiger partial charge is 0.488 e. The summed E-state index contributed by atoms with van der Waals surface area (Å²) in [6.45, 7) is 2.05. The highest BCUT2D eigenvalue weighted by Gasteiger charge is 2.09. The molecule has 25 heavy (non-hydrogen) atoms. The second-order valence-corrected chi connectivity index (χ2v) is 6.47. The standard InChI is InChI=1S/C11H9FS.C7H8BNO3/c1-8-5-6-11(13-8)9-3-2-4-10(12)7-9;10-5-9-7-3-1-6(2-4-7)8(11)12/h2-7H,1H3;1-5,11-12H,(H,9,10). The van der Waals surface area contributed by atoms with Crippen molar-refractivity contribution in [2.75, 3.05) is 5.32 Å². The molecule has 1 aromatic heterocycles. The first-order valence-corrected chi connectivity index (χ1v) is 8.30. The van der Waals surface area contributed by atoms with Gasteiger partial charge in [0.05, 0.1) is 0 Å². The maximum atomic E-state index is 12.9. The summed E-state index contributed by atoms with van der Waals surface area (Å²) in [5, 5.41) is 19.9. The van der Waals surface area contributed by atoms with Crippen molar-refractivity contribution in [3.63, 3.8) is 0 Å². The molecule has 0 bridgehead atoms. The molecule has 0 radical (unpaired) electrons. The van der Waals surface area contributed by atoms with Gasteiger partial charge < -0.3 is 15.4 Å². The van der Waals surface area contributed by atoms with E-state index in [1.807, 2.05) is 25.1 Å². The molecule has 1 heterocycles. The molecule has 0 aliphatic rings. The zero-order valence-corrected chi connectivity index (χ0v) is 14.3. The van der Waals surface area contributed by atoms with E-state index in [-0.39, 0.29) is 5.82 Å². The summed E-state index contributed by atoms with van der Waals surface area (Å²) in [7, 11) is -1.46. The van der Waals surface area contributed by atoms with Gasteiger partial charge in [0.1, 0.15) is 5.82 Å². The lowest BCUT2D eigenvalue weighted by Crippen LogP contribution is -2.29. The van der Waals surface area contributed by atoms with Crippen LogP contribution >= 0.6 is 11.3 Å². The molecule has 3 rings (SSSR count). The summed E-state index contributed by atoms with van der Waals surface area (Å²) >= 11 is 1.68. The second kappa shape index (κ2) is 9.12. The molecule has 0 fully saturated rings. The second-order valence-electron chi connectivity index (χ2n) is 5.18. The van der Waals surface area contributed by atoms with E-state index < -0.39 is 7.12 Å². The van der Waals surface area contributed by atoms with Gasteiger partial charge in [-0.3, -0.25) is 4.79 Å². The summed E-state index contributed by atoms with van der Waals surface area (Å²) < 4.78 is 12.9. The van der Waals surface area contributed by atoms with Gasteiger partial charge in [-0.1, -0.05) is 24.3 Å². The zero-order valence-electron chi connectivity index (χ0n) is 13.5. The Morgan fingerprint density at radius 3 is 2.32 bits per heavy atom. The predicted molar refractivity (Wildman–Crippen MR) is 100 cm³/mol. The van der Waals surface area contributed by atoms with Gasteiger partial charge in [0.2, 0.25) is 6.41 Å². The highest BCUT2D eigenvalue weighted by molar-refractivity contribution is 7.15. The van der Waals surface area contributed by atoms with Crippen molar-refractivity contribution in [1.82, 2.24) is 0 Å². The number of aryl methyl sites for hydroxylation is 1. The van der Waals surface area contributed by atoms with Crippen molar-refractivity contribution in [2.24, 2.45) is 0 Å². The molecule has 0 aliphatic carbocycles. The average molecular weight is 357 g/mol. The third kappa shape index (κ3) is 5.83. The smallest absolute Gasteiger partial charge is 0.423 e. The number of anilines is 1. The molecule has 0 unspecified atom stereocenters. The summed E-state index contributed by atoms with van der Waals surface area (Å²) in [6, 6.07) is 17.0. The highest BCUT2D eigenvalue weighted by Crippen LogP contribution is 2.27. The Bertz CT molecular complexity index is 821. The lowest BCUT2D eigenvalue weighted by molar-refractivity contribution is -0.105. The van der Waals surface area contributed by atoms with E-state index >= 15 is 0 Å². The van der Waals surface area contributed by atoms with E-state index in [0.29, 0.717) is 17.6 Å². The summed E-state index contributed by atoms with van der Waals surface area (Å²) in [6.07, 6.45) is 0.560. The van der Waals surface area contributed by atoms with E-state index in [1.165, 1.54) is 23.1 Å². The van der Waals surface area contributed by atoms with Crippen LogP contribution < -0.4 is 10.8 Å². The van der Waals surface area contributed by atoms with Gasteiger partial charge in [-0.15, -0.1) is 11.3 Å². The van der Waals surface area contributed by atoms with E-state index in [1.54, 1.807) is 35.6 Å². The fourth-order valence-corrected chi connectivity index (χ4v) is 2.91. The van der Waals surface area contributed by atoms with Crippen LogP contribution in [0.25, 0.3) is 10.4 Å². The van der Waals surface area contributed by atoms with Crippen molar-refractivity contribution < 1.29 is 19.2 Å². The van der Waals surface area contributed by atoms with Crippen LogP contribution in [-0.4, -0.2) is 23.6 Å². The number of benzene rings is 2. The van der Waals surface area contributed by atoms with Crippen LogP contribution in [0.4, 0.5) is 10.1 Å². The van der Waals surface area contributed by atoms with Gasteiger partial charge in [0, 0.05) is 15.4 Å². The third-order valence-corrected chi connectivity index (χ3v) is 4.33. The topological polar surface area (TPSA) is 69.6 Å². The number of carbonyl (C=O) groups excluding carboxylic acids is 1. The molecule has 1 amide bonds. The first-order chi connectivity index (χ1) is 12.0. The van der Waals surface area contributed by atoms with E-state index in [4.69, 9.17) is 10.0 Å². The monoisotopic (exact) mass is 357 g/mol. The Morgan fingerprint density at radius 2 is 1.80 bits per heavy atom. The molecule has 2 aromatic carbocycles. The zero-order chi connectivity index (χ0) is 18.2. The van der Waals surface area contributed by atoms with Gasteiger partial charge in [0.25, 0.3) is 0 Å². The number of rotatable bonds is 4. The predicted octanol–water partition coefficient (Wildman–Crippen LogP) is 2.80. The minimum Gasteiger partial charge on any atom is -0.423 e. The summed E-state index contributed by atoms with van der Waals surface area (Å²) in [5.41, 5.74) is 1.97. The number of hydrogen-bond donors (Lipinski definition) is 3. The Labute approximate surface area is 149 Å². The Hall–Kier alpha value is -2.48. The minimum atomic E-state index is -1.46. The van der Waals surface area contributed by atoms with Crippen LogP contribution in [0.1, 0.15) is 4.88 Å². The number of halogens is 1. The lowest BCUT2D eigenvalue weighted by Gasteiger charge is -2.00. The molecule has 0 aliphatic heterocycles. The quantitative estimate of drug-likeness (QED) is 0.497. The van der Waals surface area contributed by atoms with E-state index in [0.717, 1.165) is 10.4 Å². The van der Waals surface area contributed by atoms with Gasteiger partial charge in [0.15, 0.2) is 0 Å². The van der Waals surface area contributed by atoms with Gasteiger partial charge >= 0.3 is 7.12 Å². The van der Waals surface area contributed by atoms with Gasteiger partial charge in [-0.2, -0.15) is 0 Å². The number of nitrogens with one attached hydrogen (secondary N) is 1. The minimum absolute atomic E-state index is 0.177. The Morgan fingerprint density at radius 1 is 1.08 bits per heavy atom. The molecule has 0 atom stereocenters. The molecule has 128 valence electrons. The maximum Gasteiger partial charge on any atom is 0.488 e. The fourth-order valence-electron chi connectivity index (χ4n) is 2.05. The highest BCUT2D eigenvalue weighted by atomic mass is 32.1. The molecule has 3 N–H and O–H groups in total. The molecule has 3 aromatic rings. The molecule has 0 saturated carbocycles. The molecule has 7 heteroatoms. The van der Waals surface area contributed by atoms with Crippen molar-refractivity contribution in [3.05, 3.63) is 71.4 Å². The SMILES string of the molecule is Cc1ccc(-c2cccc(F)c2)s1.O=CNc1ccc(B(O)O)cc1. The van der Waals surface area contributed by atoms with E-state index in [9.17, 15) is 9.18 Å². The van der Waals surface area contributed by atoms with Crippen LogP contribution in [0.3, 0.4) is 0 Å². The number of hydrogen-bond acceptors (Lipinski definition) is 4. The van der Waals surface area contributed by atoms with Crippen LogP contribution in [0.2, 0.25) is 0 Å². The lowest BCUT2D eigenvalue weighted by atomic mass is 9.80. The molecular formula is C18H17BFNO3S. The summed E-state index contributed by atoms with van der Waals surface area (Å²) in [4.78, 5) is 12.4. The number of thiophene rings is 1. The first kappa shape index (κ1) is 18.9. The maximum absolute atomic E-state index is 12.9. The number of amides is 1. The van der Waals surface area contributed by atoms with Gasteiger partial charge in [-0.05, 0) is 54.3 Å². The molecule has 0 saturated heterocycles.